The molecule has 0 spiro atoms. The number of anilines is 1. The molecule has 24 heavy (non-hydrogen) atoms. The van der Waals surface area contributed by atoms with E-state index in [1.807, 2.05) is 25.1 Å². The summed E-state index contributed by atoms with van der Waals surface area (Å²) in [6, 6.07) is 12.2. The number of carbonyl (C=O) groups is 1. The van der Waals surface area contributed by atoms with Crippen LogP contribution < -0.4 is 10.1 Å². The molecule has 0 fully saturated rings. The lowest BCUT2D eigenvalue weighted by Crippen LogP contribution is -2.12. The first-order valence-electron chi connectivity index (χ1n) is 7.66. The third-order valence-electron chi connectivity index (χ3n) is 3.43. The van der Waals surface area contributed by atoms with Gasteiger partial charge in [-0.3, -0.25) is 4.79 Å². The molecular weight excluding hydrogens is 327 g/mol. The summed E-state index contributed by atoms with van der Waals surface area (Å²) in [6.07, 6.45) is 0.799. The van der Waals surface area contributed by atoms with Crippen molar-refractivity contribution in [2.24, 2.45) is 0 Å². The highest BCUT2D eigenvalue weighted by molar-refractivity contribution is 7.22. The lowest BCUT2D eigenvalue weighted by Gasteiger charge is -2.06. The molecule has 0 saturated heterocycles. The number of aromatic nitrogens is 1. The number of para-hydroxylation sites is 1. The predicted molar refractivity (Wildman–Crippen MR) is 94.1 cm³/mol. The number of hydrogen-bond donors (Lipinski definition) is 1. The van der Waals surface area contributed by atoms with Crippen LogP contribution in [0.5, 0.6) is 5.75 Å². The predicted octanol–water partition coefficient (Wildman–Crippen LogP) is 4.54. The fourth-order valence-corrected chi connectivity index (χ4v) is 3.22. The van der Waals surface area contributed by atoms with Crippen LogP contribution in [0, 0.1) is 12.7 Å². The van der Waals surface area contributed by atoms with E-state index in [1.165, 1.54) is 17.4 Å². The molecule has 0 radical (unpaired) electrons. The zero-order valence-electron chi connectivity index (χ0n) is 13.2. The molecule has 0 bridgehead atoms. The number of halogens is 1. The van der Waals surface area contributed by atoms with Crippen LogP contribution in [-0.2, 0) is 4.79 Å². The van der Waals surface area contributed by atoms with Gasteiger partial charge >= 0.3 is 0 Å². The summed E-state index contributed by atoms with van der Waals surface area (Å²) < 4.78 is 19.8. The second-order valence-corrected chi connectivity index (χ2v) is 6.45. The SMILES string of the molecule is Cc1ccc2nc(NC(=O)CCCOc3ccccc3F)sc2c1. The molecule has 0 aliphatic rings. The number of fused-ring (bicyclic) bond motifs is 1. The maximum atomic E-state index is 13.4. The average Bonchev–Trinajstić information content (AvgIpc) is 2.94. The lowest BCUT2D eigenvalue weighted by molar-refractivity contribution is -0.116. The van der Waals surface area contributed by atoms with Gasteiger partial charge in [0, 0.05) is 6.42 Å². The minimum Gasteiger partial charge on any atom is -0.491 e. The van der Waals surface area contributed by atoms with E-state index >= 15 is 0 Å². The Hall–Kier alpha value is -2.47. The van der Waals surface area contributed by atoms with E-state index in [9.17, 15) is 9.18 Å². The third-order valence-corrected chi connectivity index (χ3v) is 4.37. The minimum absolute atomic E-state index is 0.122. The molecule has 3 rings (SSSR count). The zero-order valence-corrected chi connectivity index (χ0v) is 14.0. The van der Waals surface area contributed by atoms with Crippen LogP contribution in [0.3, 0.4) is 0 Å². The molecule has 0 unspecified atom stereocenters. The van der Waals surface area contributed by atoms with Crippen LogP contribution in [0.25, 0.3) is 10.2 Å². The van der Waals surface area contributed by atoms with Crippen LogP contribution in [0.1, 0.15) is 18.4 Å². The Morgan fingerprint density at radius 3 is 2.96 bits per heavy atom. The van der Waals surface area contributed by atoms with Crippen molar-refractivity contribution in [2.45, 2.75) is 19.8 Å². The van der Waals surface area contributed by atoms with Crippen LogP contribution in [0.15, 0.2) is 42.5 Å². The van der Waals surface area contributed by atoms with Crippen LogP contribution in [0.4, 0.5) is 9.52 Å². The standard InChI is InChI=1S/C18H17FN2O2S/c1-12-8-9-14-16(11-12)24-18(20-14)21-17(22)7-4-10-23-15-6-3-2-5-13(15)19/h2-3,5-6,8-9,11H,4,7,10H2,1H3,(H,20,21,22). The number of nitrogens with zero attached hydrogens (tertiary/aromatic N) is 1. The zero-order chi connectivity index (χ0) is 16.9. The fourth-order valence-electron chi connectivity index (χ4n) is 2.24. The molecule has 0 saturated carbocycles. The van der Waals surface area contributed by atoms with Crippen molar-refractivity contribution >= 4 is 32.6 Å². The van der Waals surface area contributed by atoms with Crippen molar-refractivity contribution < 1.29 is 13.9 Å². The minimum atomic E-state index is -0.397. The van der Waals surface area contributed by atoms with Gasteiger partial charge < -0.3 is 10.1 Å². The Balaban J connectivity index is 1.47. The van der Waals surface area contributed by atoms with Gasteiger partial charge in [-0.15, -0.1) is 0 Å². The summed E-state index contributed by atoms with van der Waals surface area (Å²) in [7, 11) is 0. The quantitative estimate of drug-likeness (QED) is 0.668. The van der Waals surface area contributed by atoms with E-state index in [4.69, 9.17) is 4.74 Å². The lowest BCUT2D eigenvalue weighted by atomic mass is 10.2. The van der Waals surface area contributed by atoms with E-state index in [1.54, 1.807) is 18.2 Å². The number of benzene rings is 2. The maximum Gasteiger partial charge on any atom is 0.226 e. The molecule has 124 valence electrons. The first-order chi connectivity index (χ1) is 11.6. The summed E-state index contributed by atoms with van der Waals surface area (Å²) in [5, 5.41) is 3.39. The van der Waals surface area contributed by atoms with Crippen molar-refractivity contribution in [3.63, 3.8) is 0 Å². The van der Waals surface area contributed by atoms with Crippen LogP contribution in [-0.4, -0.2) is 17.5 Å². The molecule has 3 aromatic rings. The van der Waals surface area contributed by atoms with Gasteiger partial charge in [-0.25, -0.2) is 9.37 Å². The number of aryl methyl sites for hydroxylation is 1. The smallest absolute Gasteiger partial charge is 0.226 e. The highest BCUT2D eigenvalue weighted by Crippen LogP contribution is 2.26. The highest BCUT2D eigenvalue weighted by atomic mass is 32.1. The molecule has 1 heterocycles. The molecule has 1 N–H and O–H groups in total. The normalized spacial score (nSPS) is 10.8. The van der Waals surface area contributed by atoms with Gasteiger partial charge in [-0.05, 0) is 43.2 Å². The number of hydrogen-bond acceptors (Lipinski definition) is 4. The molecule has 0 atom stereocenters. The van der Waals surface area contributed by atoms with Crippen molar-refractivity contribution in [1.82, 2.24) is 4.98 Å². The Kier molecular flexibility index (Phi) is 5.05. The summed E-state index contributed by atoms with van der Waals surface area (Å²) >= 11 is 1.45. The second-order valence-electron chi connectivity index (χ2n) is 5.42. The number of rotatable bonds is 6. The molecule has 0 aliphatic carbocycles. The molecule has 2 aromatic carbocycles. The second kappa shape index (κ2) is 7.40. The van der Waals surface area contributed by atoms with Gasteiger partial charge in [0.2, 0.25) is 5.91 Å². The van der Waals surface area contributed by atoms with Gasteiger partial charge in [0.25, 0.3) is 0 Å². The molecule has 1 aromatic heterocycles. The molecule has 6 heteroatoms. The largest absolute Gasteiger partial charge is 0.491 e. The topological polar surface area (TPSA) is 51.2 Å². The van der Waals surface area contributed by atoms with Crippen molar-refractivity contribution in [2.75, 3.05) is 11.9 Å². The van der Waals surface area contributed by atoms with Gasteiger partial charge in [0.1, 0.15) is 0 Å². The number of nitrogens with one attached hydrogen (secondary N) is 1. The van der Waals surface area contributed by atoms with E-state index in [0.717, 1.165) is 15.8 Å². The van der Waals surface area contributed by atoms with E-state index in [0.29, 0.717) is 18.0 Å². The summed E-state index contributed by atoms with van der Waals surface area (Å²) in [4.78, 5) is 16.3. The number of thiazole rings is 1. The van der Waals surface area contributed by atoms with E-state index < -0.39 is 5.82 Å². The Morgan fingerprint density at radius 1 is 1.29 bits per heavy atom. The number of amides is 1. The molecule has 1 amide bonds. The van der Waals surface area contributed by atoms with Crippen molar-refractivity contribution in [3.05, 3.63) is 53.8 Å². The van der Waals surface area contributed by atoms with Crippen molar-refractivity contribution in [1.29, 1.82) is 0 Å². The highest BCUT2D eigenvalue weighted by Gasteiger charge is 2.08. The van der Waals surface area contributed by atoms with Crippen LogP contribution in [0.2, 0.25) is 0 Å². The van der Waals surface area contributed by atoms with Crippen LogP contribution >= 0.6 is 11.3 Å². The van der Waals surface area contributed by atoms with E-state index in [2.05, 4.69) is 10.3 Å². The maximum absolute atomic E-state index is 13.4. The summed E-state index contributed by atoms with van der Waals surface area (Å²) in [5.41, 5.74) is 2.04. The molecular formula is C18H17FN2O2S. The number of ether oxygens (including phenoxy) is 1. The first kappa shape index (κ1) is 16.4. The summed E-state index contributed by atoms with van der Waals surface area (Å²) in [5.74, 6) is -0.311. The van der Waals surface area contributed by atoms with Crippen molar-refractivity contribution in [3.8, 4) is 5.75 Å². The first-order valence-corrected chi connectivity index (χ1v) is 8.48. The molecule has 4 nitrogen and oxygen atoms in total. The summed E-state index contributed by atoms with van der Waals surface area (Å²) in [6.45, 7) is 2.31. The average molecular weight is 344 g/mol. The Bertz CT molecular complexity index is 863. The van der Waals surface area contributed by atoms with E-state index in [-0.39, 0.29) is 18.3 Å². The van der Waals surface area contributed by atoms with Gasteiger partial charge in [-0.2, -0.15) is 0 Å². The monoisotopic (exact) mass is 344 g/mol. The fraction of sp³-hybridized carbons (Fsp3) is 0.222. The van der Waals surface area contributed by atoms with Gasteiger partial charge in [-0.1, -0.05) is 29.5 Å². The Labute approximate surface area is 143 Å². The number of carbonyl (C=O) groups excluding carboxylic acids is 1. The van der Waals surface area contributed by atoms with Gasteiger partial charge in [0.05, 0.1) is 16.8 Å². The van der Waals surface area contributed by atoms with Gasteiger partial charge in [0.15, 0.2) is 16.7 Å². The third kappa shape index (κ3) is 4.08. The molecule has 0 aliphatic heterocycles. The Morgan fingerprint density at radius 2 is 2.12 bits per heavy atom.